The van der Waals surface area contributed by atoms with Crippen LogP contribution in [0.2, 0.25) is 0 Å². The predicted octanol–water partition coefficient (Wildman–Crippen LogP) is 1.89. The van der Waals surface area contributed by atoms with Gasteiger partial charge in [0.15, 0.2) is 0 Å². The summed E-state index contributed by atoms with van der Waals surface area (Å²) < 4.78 is 5.01. The Balaban J connectivity index is 2.94. The van der Waals surface area contributed by atoms with E-state index in [0.717, 1.165) is 11.8 Å². The molecule has 0 radical (unpaired) electrons. The second-order valence-corrected chi connectivity index (χ2v) is 3.89. The summed E-state index contributed by atoms with van der Waals surface area (Å²) >= 11 is 0. The van der Waals surface area contributed by atoms with Gasteiger partial charge in [0.25, 0.3) is 0 Å². The Kier molecular flexibility index (Phi) is 4.63. The minimum absolute atomic E-state index is 0.244. The topological polar surface area (TPSA) is 69.4 Å². The molecule has 0 aliphatic rings. The maximum absolute atomic E-state index is 10.8. The maximum Gasteiger partial charge on any atom is 0.211 e. The highest BCUT2D eigenvalue weighted by Gasteiger charge is 2.24. The van der Waals surface area contributed by atoms with Crippen LogP contribution in [-0.4, -0.2) is 24.9 Å². The molecule has 0 spiro atoms. The summed E-state index contributed by atoms with van der Waals surface area (Å²) in [4.78, 5) is 21.0. The average Bonchev–Trinajstić information content (AvgIpc) is 2.35. The molecule has 5 nitrogen and oxygen atoms in total. The molecule has 2 atom stereocenters. The smallest absolute Gasteiger partial charge is 0.211 e. The van der Waals surface area contributed by atoms with Crippen LogP contribution in [0, 0.1) is 16.0 Å². The summed E-state index contributed by atoms with van der Waals surface area (Å²) in [5, 5.41) is 10.6. The molecule has 0 bridgehead atoms. The Morgan fingerprint density at radius 2 is 2.00 bits per heavy atom. The molecule has 1 aromatic rings. The van der Waals surface area contributed by atoms with Gasteiger partial charge in [0.05, 0.1) is 13.0 Å². The lowest BCUT2D eigenvalue weighted by Crippen LogP contribution is -2.20. The van der Waals surface area contributed by atoms with Crippen molar-refractivity contribution in [2.75, 3.05) is 13.7 Å². The van der Waals surface area contributed by atoms with Crippen molar-refractivity contribution < 1.29 is 14.5 Å². The Hall–Kier alpha value is -1.91. The summed E-state index contributed by atoms with van der Waals surface area (Å²) in [6.45, 7) is 1.44. The first-order valence-corrected chi connectivity index (χ1v) is 5.29. The normalized spacial score (nSPS) is 13.8. The molecule has 0 amide bonds. The first-order chi connectivity index (χ1) is 8.08. The number of carbonyl (C=O) groups is 1. The zero-order valence-electron chi connectivity index (χ0n) is 9.83. The number of nitro groups is 1. The minimum atomic E-state index is -0.395. The van der Waals surface area contributed by atoms with Crippen LogP contribution in [0.4, 0.5) is 0 Å². The van der Waals surface area contributed by atoms with Crippen LogP contribution in [0.3, 0.4) is 0 Å². The summed E-state index contributed by atoms with van der Waals surface area (Å²) in [6, 6.07) is 6.99. The molecule has 1 rings (SSSR count). The van der Waals surface area contributed by atoms with Gasteiger partial charge in [-0.2, -0.15) is 0 Å². The Labute approximate surface area is 99.5 Å². The fourth-order valence-electron chi connectivity index (χ4n) is 1.68. The SMILES string of the molecule is COc1ccc(C(C[N+](=O)[O-])C(C)C=O)cc1. The zero-order chi connectivity index (χ0) is 12.8. The zero-order valence-corrected chi connectivity index (χ0v) is 9.83. The number of hydrogen-bond donors (Lipinski definition) is 0. The lowest BCUT2D eigenvalue weighted by atomic mass is 9.88. The van der Waals surface area contributed by atoms with E-state index in [0.29, 0.717) is 5.75 Å². The van der Waals surface area contributed by atoms with Gasteiger partial charge < -0.3 is 9.53 Å². The fraction of sp³-hybridized carbons (Fsp3) is 0.417. The van der Waals surface area contributed by atoms with Crippen molar-refractivity contribution in [3.63, 3.8) is 0 Å². The van der Waals surface area contributed by atoms with Crippen molar-refractivity contribution in [3.05, 3.63) is 39.9 Å². The summed E-state index contributed by atoms with van der Waals surface area (Å²) in [5.74, 6) is -0.0884. The Morgan fingerprint density at radius 1 is 1.41 bits per heavy atom. The molecule has 0 saturated heterocycles. The van der Waals surface area contributed by atoms with E-state index in [9.17, 15) is 14.9 Å². The van der Waals surface area contributed by atoms with E-state index in [1.807, 2.05) is 0 Å². The number of benzene rings is 1. The summed E-state index contributed by atoms with van der Waals surface area (Å²) in [6.07, 6.45) is 0.748. The number of nitrogens with zero attached hydrogens (tertiary/aromatic N) is 1. The molecule has 92 valence electrons. The van der Waals surface area contributed by atoms with Crippen molar-refractivity contribution >= 4 is 6.29 Å². The molecule has 0 aliphatic heterocycles. The second kappa shape index (κ2) is 5.98. The highest BCUT2D eigenvalue weighted by molar-refractivity contribution is 5.55. The van der Waals surface area contributed by atoms with Crippen molar-refractivity contribution in [3.8, 4) is 5.75 Å². The lowest BCUT2D eigenvalue weighted by molar-refractivity contribution is -0.484. The molecule has 0 saturated carbocycles. The highest BCUT2D eigenvalue weighted by atomic mass is 16.6. The quantitative estimate of drug-likeness (QED) is 0.430. The molecular weight excluding hydrogens is 222 g/mol. The fourth-order valence-corrected chi connectivity index (χ4v) is 1.68. The van der Waals surface area contributed by atoms with Crippen LogP contribution in [-0.2, 0) is 4.79 Å². The molecule has 0 fully saturated rings. The van der Waals surface area contributed by atoms with Gasteiger partial charge in [-0.25, -0.2) is 0 Å². The molecule has 17 heavy (non-hydrogen) atoms. The third-order valence-corrected chi connectivity index (χ3v) is 2.74. The van der Waals surface area contributed by atoms with Crippen LogP contribution in [0.15, 0.2) is 24.3 Å². The van der Waals surface area contributed by atoms with E-state index in [1.54, 1.807) is 38.3 Å². The largest absolute Gasteiger partial charge is 0.497 e. The highest BCUT2D eigenvalue weighted by Crippen LogP contribution is 2.25. The number of aldehydes is 1. The molecule has 0 N–H and O–H groups in total. The minimum Gasteiger partial charge on any atom is -0.497 e. The number of methoxy groups -OCH3 is 1. The van der Waals surface area contributed by atoms with Gasteiger partial charge in [-0.3, -0.25) is 10.1 Å². The standard InChI is InChI=1S/C12H15NO4/c1-9(8-14)12(7-13(15)16)10-3-5-11(17-2)6-4-10/h3-6,8-9,12H,7H2,1-2H3. The van der Waals surface area contributed by atoms with Crippen LogP contribution < -0.4 is 4.74 Å². The predicted molar refractivity (Wildman–Crippen MR) is 62.8 cm³/mol. The monoisotopic (exact) mass is 237 g/mol. The van der Waals surface area contributed by atoms with Crippen molar-refractivity contribution in [2.45, 2.75) is 12.8 Å². The maximum atomic E-state index is 10.8. The van der Waals surface area contributed by atoms with Gasteiger partial charge in [0.1, 0.15) is 12.0 Å². The van der Waals surface area contributed by atoms with Crippen molar-refractivity contribution in [1.29, 1.82) is 0 Å². The third-order valence-electron chi connectivity index (χ3n) is 2.74. The molecule has 0 aliphatic carbocycles. The summed E-state index contributed by atoms with van der Waals surface area (Å²) in [7, 11) is 1.55. The van der Waals surface area contributed by atoms with Gasteiger partial charge in [0, 0.05) is 10.8 Å². The second-order valence-electron chi connectivity index (χ2n) is 3.89. The van der Waals surface area contributed by atoms with E-state index in [1.165, 1.54) is 0 Å². The first-order valence-electron chi connectivity index (χ1n) is 5.29. The number of hydrogen-bond acceptors (Lipinski definition) is 4. The number of ether oxygens (including phenoxy) is 1. The third kappa shape index (κ3) is 3.55. The Morgan fingerprint density at radius 3 is 2.41 bits per heavy atom. The molecule has 1 aromatic carbocycles. The van der Waals surface area contributed by atoms with Gasteiger partial charge in [0.2, 0.25) is 6.54 Å². The summed E-state index contributed by atoms with van der Waals surface area (Å²) in [5.41, 5.74) is 0.780. The Bertz CT molecular complexity index is 388. The van der Waals surface area contributed by atoms with Crippen LogP contribution in [0.1, 0.15) is 18.4 Å². The van der Waals surface area contributed by atoms with E-state index in [2.05, 4.69) is 0 Å². The number of rotatable bonds is 6. The molecule has 5 heteroatoms. The van der Waals surface area contributed by atoms with Gasteiger partial charge in [-0.1, -0.05) is 19.1 Å². The van der Waals surface area contributed by atoms with Crippen molar-refractivity contribution in [2.24, 2.45) is 5.92 Å². The average molecular weight is 237 g/mol. The van der Waals surface area contributed by atoms with Crippen molar-refractivity contribution in [1.82, 2.24) is 0 Å². The first kappa shape index (κ1) is 13.2. The van der Waals surface area contributed by atoms with Crippen LogP contribution in [0.25, 0.3) is 0 Å². The number of carbonyl (C=O) groups excluding carboxylic acids is 1. The molecule has 2 unspecified atom stereocenters. The van der Waals surface area contributed by atoms with E-state index in [-0.39, 0.29) is 12.5 Å². The van der Waals surface area contributed by atoms with E-state index >= 15 is 0 Å². The lowest BCUT2D eigenvalue weighted by Gasteiger charge is -2.16. The van der Waals surface area contributed by atoms with Gasteiger partial charge >= 0.3 is 0 Å². The van der Waals surface area contributed by atoms with Crippen LogP contribution >= 0.6 is 0 Å². The van der Waals surface area contributed by atoms with Gasteiger partial charge in [-0.15, -0.1) is 0 Å². The molecule has 0 aromatic heterocycles. The van der Waals surface area contributed by atoms with E-state index in [4.69, 9.17) is 4.74 Å². The molecular formula is C12H15NO4. The van der Waals surface area contributed by atoms with Gasteiger partial charge in [-0.05, 0) is 17.7 Å². The van der Waals surface area contributed by atoms with Crippen LogP contribution in [0.5, 0.6) is 5.75 Å². The van der Waals surface area contributed by atoms with E-state index < -0.39 is 10.8 Å². The molecule has 0 heterocycles.